The van der Waals surface area contributed by atoms with Gasteiger partial charge in [-0.05, 0) is 25.0 Å². The van der Waals surface area contributed by atoms with Crippen LogP contribution in [0.4, 0.5) is 0 Å². The molecule has 1 aromatic heterocycles. The fourth-order valence-electron chi connectivity index (χ4n) is 0.737. The lowest BCUT2D eigenvalue weighted by molar-refractivity contribution is 0.111. The van der Waals surface area contributed by atoms with Crippen molar-refractivity contribution in [1.29, 1.82) is 0 Å². The number of rotatable bonds is 1. The van der Waals surface area contributed by atoms with Gasteiger partial charge in [-0.25, -0.2) is 0 Å². The van der Waals surface area contributed by atoms with Gasteiger partial charge in [-0.15, -0.1) is 0 Å². The maximum absolute atomic E-state index is 10.2. The number of aryl methyl sites for hydroxylation is 1. The molecule has 0 aliphatic carbocycles. The van der Waals surface area contributed by atoms with Crippen LogP contribution in [0.15, 0.2) is 6.20 Å². The quantitative estimate of drug-likeness (QED) is 0.707. The van der Waals surface area contributed by atoms with E-state index in [2.05, 4.69) is 9.72 Å². The Labute approximate surface area is 86.5 Å². The molecule has 0 amide bonds. The second-order valence-corrected chi connectivity index (χ2v) is 2.54. The minimum Gasteiger partial charge on any atom is -0.388 e. The molecule has 14 heavy (non-hydrogen) atoms. The van der Waals surface area contributed by atoms with Crippen LogP contribution in [0.1, 0.15) is 35.5 Å². The van der Waals surface area contributed by atoms with Crippen LogP contribution in [0.2, 0.25) is 0 Å². The molecule has 1 heterocycles. The van der Waals surface area contributed by atoms with Crippen LogP contribution in [0.3, 0.4) is 0 Å². The van der Waals surface area contributed by atoms with Crippen LogP contribution in [0.25, 0.3) is 0 Å². The van der Waals surface area contributed by atoms with Gasteiger partial charge in [0.2, 0.25) is 0 Å². The Balaban J connectivity index is 0. The lowest BCUT2D eigenvalue weighted by atomic mass is 10.2. The average Bonchev–Trinajstić information content (AvgIpc) is 2.52. The number of carbonyl (C=O) groups excluding carboxylic acids is 1. The number of nitrogens with one attached hydrogen (secondary N) is 1. The SMILES string of the molecule is CC.COC.Cc1c[nH]c(C=O)c1C. The Kier molecular flexibility index (Phi) is 11.0. The third kappa shape index (κ3) is 5.54. The first-order chi connectivity index (χ1) is 6.67. The van der Waals surface area contributed by atoms with Gasteiger partial charge >= 0.3 is 0 Å². The van der Waals surface area contributed by atoms with E-state index in [1.807, 2.05) is 33.9 Å². The third-order valence-electron chi connectivity index (χ3n) is 1.56. The molecule has 0 radical (unpaired) electrons. The third-order valence-corrected chi connectivity index (χ3v) is 1.56. The van der Waals surface area contributed by atoms with Crippen LogP contribution in [-0.2, 0) is 4.74 Å². The highest BCUT2D eigenvalue weighted by atomic mass is 16.4. The number of aromatic nitrogens is 1. The van der Waals surface area contributed by atoms with Gasteiger partial charge in [0.1, 0.15) is 0 Å². The molecule has 1 rings (SSSR count). The maximum Gasteiger partial charge on any atom is 0.166 e. The molecule has 1 N–H and O–H groups in total. The summed E-state index contributed by atoms with van der Waals surface area (Å²) in [6, 6.07) is 0. The molecule has 0 aliphatic heterocycles. The summed E-state index contributed by atoms with van der Waals surface area (Å²) in [4.78, 5) is 13.1. The topological polar surface area (TPSA) is 42.1 Å². The van der Waals surface area contributed by atoms with Gasteiger partial charge in [-0.3, -0.25) is 4.79 Å². The summed E-state index contributed by atoms with van der Waals surface area (Å²) >= 11 is 0. The zero-order chi connectivity index (χ0) is 11.6. The van der Waals surface area contributed by atoms with E-state index in [9.17, 15) is 4.79 Å². The number of aromatic amines is 1. The minimum atomic E-state index is 0.688. The molecule has 1 aromatic rings. The molecule has 0 unspecified atom stereocenters. The van der Waals surface area contributed by atoms with Crippen LogP contribution in [0, 0.1) is 13.8 Å². The lowest BCUT2D eigenvalue weighted by Crippen LogP contribution is -1.81. The van der Waals surface area contributed by atoms with E-state index in [1.54, 1.807) is 14.2 Å². The maximum atomic E-state index is 10.2. The predicted octanol–water partition coefficient (Wildman–Crippen LogP) is 2.73. The Morgan fingerprint density at radius 3 is 1.86 bits per heavy atom. The molecule has 3 heteroatoms. The van der Waals surface area contributed by atoms with E-state index in [1.165, 1.54) is 0 Å². The second kappa shape index (κ2) is 9.99. The zero-order valence-corrected chi connectivity index (χ0v) is 9.97. The first kappa shape index (κ1) is 15.4. The molecule has 0 spiro atoms. The number of aldehydes is 1. The summed E-state index contributed by atoms with van der Waals surface area (Å²) in [7, 11) is 3.25. The summed E-state index contributed by atoms with van der Waals surface area (Å²) in [6.45, 7) is 7.90. The Morgan fingerprint density at radius 2 is 1.71 bits per heavy atom. The summed E-state index contributed by atoms with van der Waals surface area (Å²) in [5.74, 6) is 0. The van der Waals surface area contributed by atoms with E-state index in [0.717, 1.165) is 17.4 Å². The first-order valence-corrected chi connectivity index (χ1v) is 4.67. The fraction of sp³-hybridized carbons (Fsp3) is 0.545. The van der Waals surface area contributed by atoms with Gasteiger partial charge in [0.05, 0.1) is 5.69 Å². The number of H-pyrrole nitrogens is 1. The first-order valence-electron chi connectivity index (χ1n) is 4.67. The normalized spacial score (nSPS) is 7.86. The molecule has 3 nitrogen and oxygen atoms in total. The van der Waals surface area contributed by atoms with Crippen molar-refractivity contribution in [2.75, 3.05) is 14.2 Å². The molecular weight excluding hydrogens is 178 g/mol. The van der Waals surface area contributed by atoms with Gasteiger partial charge in [0.25, 0.3) is 0 Å². The van der Waals surface area contributed by atoms with Gasteiger partial charge < -0.3 is 9.72 Å². The van der Waals surface area contributed by atoms with Crippen molar-refractivity contribution in [2.45, 2.75) is 27.7 Å². The number of ether oxygens (including phenoxy) is 1. The molecule has 0 aromatic carbocycles. The van der Waals surface area contributed by atoms with Gasteiger partial charge in [0.15, 0.2) is 6.29 Å². The van der Waals surface area contributed by atoms with Gasteiger partial charge in [-0.2, -0.15) is 0 Å². The highest BCUT2D eigenvalue weighted by Gasteiger charge is 1.99. The van der Waals surface area contributed by atoms with Gasteiger partial charge in [0, 0.05) is 20.4 Å². The number of hydrogen-bond acceptors (Lipinski definition) is 2. The highest BCUT2D eigenvalue weighted by Crippen LogP contribution is 2.07. The summed E-state index contributed by atoms with van der Waals surface area (Å²) in [6.07, 6.45) is 2.67. The van der Waals surface area contributed by atoms with E-state index < -0.39 is 0 Å². The second-order valence-electron chi connectivity index (χ2n) is 2.54. The minimum absolute atomic E-state index is 0.688. The van der Waals surface area contributed by atoms with Crippen molar-refractivity contribution in [3.05, 3.63) is 23.0 Å². The summed E-state index contributed by atoms with van der Waals surface area (Å²) < 4.78 is 4.25. The molecule has 0 saturated carbocycles. The molecule has 0 fully saturated rings. The molecule has 82 valence electrons. The number of hydrogen-bond donors (Lipinski definition) is 1. The predicted molar refractivity (Wildman–Crippen MR) is 59.9 cm³/mol. The summed E-state index contributed by atoms with van der Waals surface area (Å²) in [5.41, 5.74) is 2.87. The average molecular weight is 199 g/mol. The van der Waals surface area contributed by atoms with Crippen LogP contribution in [0.5, 0.6) is 0 Å². The van der Waals surface area contributed by atoms with Crippen LogP contribution in [-0.4, -0.2) is 25.5 Å². The van der Waals surface area contributed by atoms with Crippen LogP contribution >= 0.6 is 0 Å². The van der Waals surface area contributed by atoms with Crippen LogP contribution < -0.4 is 0 Å². The summed E-state index contributed by atoms with van der Waals surface area (Å²) in [5, 5.41) is 0. The number of carbonyl (C=O) groups is 1. The van der Waals surface area contributed by atoms with E-state index in [4.69, 9.17) is 0 Å². The van der Waals surface area contributed by atoms with Crippen molar-refractivity contribution in [1.82, 2.24) is 4.98 Å². The van der Waals surface area contributed by atoms with Crippen molar-refractivity contribution in [3.63, 3.8) is 0 Å². The smallest absolute Gasteiger partial charge is 0.166 e. The Bertz CT molecular complexity index is 241. The molecule has 0 bridgehead atoms. The molecule has 0 saturated heterocycles. The Morgan fingerprint density at radius 1 is 1.29 bits per heavy atom. The standard InChI is InChI=1S/C7H9NO.C2H6O.C2H6/c1-5-3-8-7(4-9)6(5)2;1-3-2;1-2/h3-4,8H,1-2H3;1-2H3;1-2H3. The molecular formula is C11H21NO2. The monoisotopic (exact) mass is 199 g/mol. The van der Waals surface area contributed by atoms with Crippen molar-refractivity contribution in [2.24, 2.45) is 0 Å². The van der Waals surface area contributed by atoms with Crippen molar-refractivity contribution >= 4 is 6.29 Å². The van der Waals surface area contributed by atoms with Crippen molar-refractivity contribution in [3.8, 4) is 0 Å². The number of methoxy groups -OCH3 is 1. The lowest BCUT2D eigenvalue weighted by Gasteiger charge is -1.85. The fourth-order valence-corrected chi connectivity index (χ4v) is 0.737. The zero-order valence-electron chi connectivity index (χ0n) is 9.97. The van der Waals surface area contributed by atoms with Gasteiger partial charge in [-0.1, -0.05) is 13.8 Å². The van der Waals surface area contributed by atoms with E-state index in [0.29, 0.717) is 5.69 Å². The molecule has 0 atom stereocenters. The van der Waals surface area contributed by atoms with E-state index in [-0.39, 0.29) is 0 Å². The van der Waals surface area contributed by atoms with E-state index >= 15 is 0 Å². The van der Waals surface area contributed by atoms with Crippen molar-refractivity contribution < 1.29 is 9.53 Å². The largest absolute Gasteiger partial charge is 0.388 e. The Hall–Kier alpha value is -1.09. The highest BCUT2D eigenvalue weighted by molar-refractivity contribution is 5.75. The molecule has 0 aliphatic rings.